The van der Waals surface area contributed by atoms with Gasteiger partial charge in [-0.3, -0.25) is 9.59 Å². The molecule has 0 aliphatic carbocycles. The van der Waals surface area contributed by atoms with Crippen LogP contribution >= 0.6 is 0 Å². The average Bonchev–Trinajstić information content (AvgIpc) is 3.15. The van der Waals surface area contributed by atoms with E-state index >= 15 is 0 Å². The lowest BCUT2D eigenvalue weighted by Gasteiger charge is -2.09. The highest BCUT2D eigenvalue weighted by molar-refractivity contribution is 6.02. The van der Waals surface area contributed by atoms with Crippen LogP contribution in [0, 0.1) is 0 Å². The van der Waals surface area contributed by atoms with Crippen molar-refractivity contribution >= 4 is 17.5 Å². The molecule has 0 radical (unpaired) electrons. The van der Waals surface area contributed by atoms with Crippen molar-refractivity contribution in [2.45, 2.75) is 13.3 Å². The summed E-state index contributed by atoms with van der Waals surface area (Å²) in [5, 5.41) is 8.67. The van der Waals surface area contributed by atoms with E-state index in [2.05, 4.69) is 22.9 Å². The van der Waals surface area contributed by atoms with Crippen molar-refractivity contribution in [3.8, 4) is 5.75 Å². The third-order valence-electron chi connectivity index (χ3n) is 3.26. The van der Waals surface area contributed by atoms with Gasteiger partial charge in [-0.05, 0) is 37.2 Å². The predicted molar refractivity (Wildman–Crippen MR) is 94.8 cm³/mol. The molecule has 7 heteroatoms. The quantitative estimate of drug-likeness (QED) is 0.573. The fraction of sp³-hybridized carbons (Fsp3) is 0.333. The summed E-state index contributed by atoms with van der Waals surface area (Å²) in [4.78, 5) is 23.7. The number of hydrogen-bond acceptors (Lipinski definition) is 5. The third-order valence-corrected chi connectivity index (χ3v) is 3.26. The molecule has 0 aliphatic heterocycles. The Morgan fingerprint density at radius 1 is 1.12 bits per heavy atom. The number of ether oxygens (including phenoxy) is 1. The maximum Gasteiger partial charge on any atom is 0.291 e. The first kappa shape index (κ1) is 18.5. The number of furan rings is 1. The van der Waals surface area contributed by atoms with Gasteiger partial charge in [-0.1, -0.05) is 13.0 Å². The zero-order valence-electron chi connectivity index (χ0n) is 14.2. The van der Waals surface area contributed by atoms with E-state index in [0.29, 0.717) is 18.0 Å². The first-order valence-electron chi connectivity index (χ1n) is 8.24. The van der Waals surface area contributed by atoms with E-state index in [0.717, 1.165) is 19.5 Å². The van der Waals surface area contributed by atoms with Gasteiger partial charge in [0.1, 0.15) is 5.75 Å². The number of rotatable bonds is 10. The zero-order chi connectivity index (χ0) is 17.9. The second kappa shape index (κ2) is 10.1. The lowest BCUT2D eigenvalue weighted by molar-refractivity contribution is -0.123. The lowest BCUT2D eigenvalue weighted by Crippen LogP contribution is -2.35. The van der Waals surface area contributed by atoms with Crippen molar-refractivity contribution in [1.82, 2.24) is 10.6 Å². The Bertz CT molecular complexity index is 671. The molecule has 2 aromatic rings. The van der Waals surface area contributed by atoms with E-state index in [-0.39, 0.29) is 24.2 Å². The first-order chi connectivity index (χ1) is 12.2. The summed E-state index contributed by atoms with van der Waals surface area (Å²) in [5.41, 5.74) is 0.558. The second-order valence-corrected chi connectivity index (χ2v) is 5.35. The molecule has 1 aromatic heterocycles. The Kier molecular flexibility index (Phi) is 7.52. The van der Waals surface area contributed by atoms with Crippen molar-refractivity contribution < 1.29 is 18.7 Å². The summed E-state index contributed by atoms with van der Waals surface area (Å²) in [7, 11) is 0. The predicted octanol–water partition coefficient (Wildman–Crippen LogP) is 2.03. The molecule has 0 bridgehead atoms. The number of nitrogens with one attached hydrogen (secondary N) is 3. The van der Waals surface area contributed by atoms with E-state index in [1.165, 1.54) is 6.26 Å². The molecule has 25 heavy (non-hydrogen) atoms. The maximum atomic E-state index is 11.9. The van der Waals surface area contributed by atoms with Crippen molar-refractivity contribution in [3.05, 3.63) is 48.4 Å². The number of carbonyl (C=O) groups excluding carboxylic acids is 2. The van der Waals surface area contributed by atoms with Crippen LogP contribution in [0.15, 0.2) is 47.1 Å². The molecule has 2 rings (SSSR count). The van der Waals surface area contributed by atoms with Gasteiger partial charge in [-0.25, -0.2) is 0 Å². The maximum absolute atomic E-state index is 11.9. The molecule has 0 aliphatic rings. The molecule has 0 atom stereocenters. The molecular weight excluding hydrogens is 322 g/mol. The van der Waals surface area contributed by atoms with Crippen molar-refractivity contribution in [3.63, 3.8) is 0 Å². The number of hydrogen-bond donors (Lipinski definition) is 3. The number of benzene rings is 1. The molecule has 1 aromatic carbocycles. The van der Waals surface area contributed by atoms with Gasteiger partial charge in [-0.2, -0.15) is 0 Å². The highest BCUT2D eigenvalue weighted by atomic mass is 16.5. The van der Waals surface area contributed by atoms with E-state index < -0.39 is 0 Å². The van der Waals surface area contributed by atoms with Crippen LogP contribution in [0.2, 0.25) is 0 Å². The van der Waals surface area contributed by atoms with Gasteiger partial charge in [-0.15, -0.1) is 0 Å². The van der Waals surface area contributed by atoms with Gasteiger partial charge in [0.05, 0.1) is 6.26 Å². The van der Waals surface area contributed by atoms with Crippen LogP contribution in [0.5, 0.6) is 5.75 Å². The molecule has 0 unspecified atom stereocenters. The largest absolute Gasteiger partial charge is 0.484 e. The summed E-state index contributed by atoms with van der Waals surface area (Å²) in [6, 6.07) is 10.1. The van der Waals surface area contributed by atoms with Gasteiger partial charge in [0.15, 0.2) is 12.4 Å². The molecule has 0 fully saturated rings. The number of carbonyl (C=O) groups is 2. The minimum absolute atomic E-state index is 0.0800. The zero-order valence-corrected chi connectivity index (χ0v) is 14.2. The van der Waals surface area contributed by atoms with Crippen LogP contribution in [-0.2, 0) is 4.79 Å². The standard InChI is InChI=1S/C18H23N3O4/c1-2-8-19-9-10-20-17(22)13-25-15-6-3-5-14(12-15)21-18(23)16-7-4-11-24-16/h3-7,11-12,19H,2,8-10,13H2,1H3,(H,20,22)(H,21,23). The molecule has 0 saturated carbocycles. The van der Waals surface area contributed by atoms with Gasteiger partial charge in [0, 0.05) is 24.8 Å². The van der Waals surface area contributed by atoms with Gasteiger partial charge < -0.3 is 25.1 Å². The smallest absolute Gasteiger partial charge is 0.291 e. The Morgan fingerprint density at radius 3 is 2.76 bits per heavy atom. The molecule has 1 heterocycles. The van der Waals surface area contributed by atoms with E-state index in [1.807, 2.05) is 0 Å². The molecule has 0 spiro atoms. The Labute approximate surface area is 146 Å². The lowest BCUT2D eigenvalue weighted by atomic mass is 10.3. The second-order valence-electron chi connectivity index (χ2n) is 5.35. The average molecular weight is 345 g/mol. The van der Waals surface area contributed by atoms with Crippen LogP contribution in [0.25, 0.3) is 0 Å². The van der Waals surface area contributed by atoms with Gasteiger partial charge in [0.2, 0.25) is 0 Å². The topological polar surface area (TPSA) is 92.6 Å². The summed E-state index contributed by atoms with van der Waals surface area (Å²) >= 11 is 0. The van der Waals surface area contributed by atoms with Crippen molar-refractivity contribution in [1.29, 1.82) is 0 Å². The first-order valence-corrected chi connectivity index (χ1v) is 8.24. The molecular formula is C18H23N3O4. The highest BCUT2D eigenvalue weighted by Gasteiger charge is 2.09. The van der Waals surface area contributed by atoms with Gasteiger partial charge >= 0.3 is 0 Å². The SMILES string of the molecule is CCCNCCNC(=O)COc1cccc(NC(=O)c2ccco2)c1. The Balaban J connectivity index is 1.75. The minimum Gasteiger partial charge on any atom is -0.484 e. The minimum atomic E-state index is -0.348. The van der Waals surface area contributed by atoms with Crippen LogP contribution < -0.4 is 20.7 Å². The third kappa shape index (κ3) is 6.68. The monoisotopic (exact) mass is 345 g/mol. The molecule has 2 amide bonds. The summed E-state index contributed by atoms with van der Waals surface area (Å²) < 4.78 is 10.5. The Morgan fingerprint density at radius 2 is 2.00 bits per heavy atom. The number of anilines is 1. The Hall–Kier alpha value is -2.80. The summed E-state index contributed by atoms with van der Waals surface area (Å²) in [6.07, 6.45) is 2.49. The molecule has 7 nitrogen and oxygen atoms in total. The highest BCUT2D eigenvalue weighted by Crippen LogP contribution is 2.18. The normalized spacial score (nSPS) is 10.3. The fourth-order valence-corrected chi connectivity index (χ4v) is 2.06. The van der Waals surface area contributed by atoms with Crippen LogP contribution in [0.3, 0.4) is 0 Å². The van der Waals surface area contributed by atoms with Crippen LogP contribution in [0.4, 0.5) is 5.69 Å². The molecule has 3 N–H and O–H groups in total. The van der Waals surface area contributed by atoms with Crippen LogP contribution in [0.1, 0.15) is 23.9 Å². The van der Waals surface area contributed by atoms with E-state index in [1.54, 1.807) is 36.4 Å². The van der Waals surface area contributed by atoms with E-state index in [4.69, 9.17) is 9.15 Å². The molecule has 134 valence electrons. The summed E-state index contributed by atoms with van der Waals surface area (Å²) in [5.74, 6) is 0.182. The van der Waals surface area contributed by atoms with E-state index in [9.17, 15) is 9.59 Å². The summed E-state index contributed by atoms with van der Waals surface area (Å²) in [6.45, 7) is 4.23. The van der Waals surface area contributed by atoms with Crippen molar-refractivity contribution in [2.75, 3.05) is 31.6 Å². The molecule has 0 saturated heterocycles. The van der Waals surface area contributed by atoms with Gasteiger partial charge in [0.25, 0.3) is 11.8 Å². The van der Waals surface area contributed by atoms with Crippen molar-refractivity contribution in [2.24, 2.45) is 0 Å². The van der Waals surface area contributed by atoms with Crippen LogP contribution in [-0.4, -0.2) is 38.1 Å². The number of amides is 2. The fourth-order valence-electron chi connectivity index (χ4n) is 2.06.